The number of rotatable bonds is 7. The summed E-state index contributed by atoms with van der Waals surface area (Å²) < 4.78 is 2.34. The van der Waals surface area contributed by atoms with Gasteiger partial charge in [-0.15, -0.1) is 23.8 Å². The average molecular weight is 1020 g/mol. The van der Waals surface area contributed by atoms with Gasteiger partial charge in [0.05, 0.1) is 22.3 Å². The minimum Gasteiger partial charge on any atom is -0.507 e. The molecule has 1 N–H and O–H groups in total. The minimum absolute atomic E-state index is 0. The van der Waals surface area contributed by atoms with Crippen LogP contribution < -0.4 is 0 Å². The normalized spacial score (nSPS) is 12.7. The summed E-state index contributed by atoms with van der Waals surface area (Å²) in [5.41, 5.74) is 16.9. The topological polar surface area (TPSA) is 50.9 Å². The number of para-hydroxylation sites is 2. The van der Waals surface area contributed by atoms with Crippen LogP contribution in [0, 0.1) is 6.07 Å². The fraction of sp³-hybridized carbons (Fsp3) is 0.379. The fourth-order valence-corrected chi connectivity index (χ4v) is 8.38. The Balaban J connectivity index is 0.00000661. The zero-order valence-corrected chi connectivity index (χ0v) is 42.8. The van der Waals surface area contributed by atoms with Gasteiger partial charge in [-0.25, -0.2) is 4.98 Å². The summed E-state index contributed by atoms with van der Waals surface area (Å²) in [5.74, 6) is 1.40. The zero-order valence-electron chi connectivity index (χ0n) is 40.6. The predicted molar refractivity (Wildman–Crippen MR) is 264 cm³/mol. The number of fused-ring (bicyclic) bond motifs is 1. The average Bonchev–Trinajstić information content (AvgIpc) is 3.57. The second kappa shape index (κ2) is 17.3. The van der Waals surface area contributed by atoms with E-state index >= 15 is 0 Å². The summed E-state index contributed by atoms with van der Waals surface area (Å²) in [5, 5.41) is 11.6. The van der Waals surface area contributed by atoms with E-state index in [1.165, 1.54) is 38.9 Å². The van der Waals surface area contributed by atoms with Crippen LogP contribution in [0.3, 0.4) is 0 Å². The molecule has 4 nitrogen and oxygen atoms in total. The summed E-state index contributed by atoms with van der Waals surface area (Å²) in [6.45, 7) is 36.4. The van der Waals surface area contributed by atoms with E-state index < -0.39 is 0 Å². The number of phenolic OH excluding ortho intramolecular Hbond substituents is 1. The maximum Gasteiger partial charge on any atom is 0.148 e. The quantitative estimate of drug-likeness (QED) is 0.162. The van der Waals surface area contributed by atoms with Gasteiger partial charge in [-0.2, -0.15) is 0 Å². The molecule has 5 heteroatoms. The zero-order chi connectivity index (χ0) is 45.3. The van der Waals surface area contributed by atoms with Crippen molar-refractivity contribution in [2.24, 2.45) is 0 Å². The van der Waals surface area contributed by atoms with Crippen molar-refractivity contribution >= 4 is 11.0 Å². The van der Waals surface area contributed by atoms with E-state index in [9.17, 15) is 5.11 Å². The van der Waals surface area contributed by atoms with E-state index in [1.54, 1.807) is 6.07 Å². The molecule has 0 unspecified atom stereocenters. The van der Waals surface area contributed by atoms with Gasteiger partial charge in [0.2, 0.25) is 0 Å². The third-order valence-electron chi connectivity index (χ3n) is 12.4. The number of aromatic nitrogens is 3. The van der Waals surface area contributed by atoms with Crippen LogP contribution in [0.5, 0.6) is 5.75 Å². The summed E-state index contributed by atoms with van der Waals surface area (Å²) >= 11 is 0. The fourth-order valence-electron chi connectivity index (χ4n) is 8.38. The van der Waals surface area contributed by atoms with Gasteiger partial charge in [0.15, 0.2) is 0 Å². The third-order valence-corrected chi connectivity index (χ3v) is 12.4. The van der Waals surface area contributed by atoms with Gasteiger partial charge >= 0.3 is 0 Å². The van der Waals surface area contributed by atoms with Gasteiger partial charge in [0, 0.05) is 33.0 Å². The van der Waals surface area contributed by atoms with Crippen LogP contribution in [0.15, 0.2) is 103 Å². The number of nitrogens with zero attached hydrogens (tertiary/aromatic N) is 3. The van der Waals surface area contributed by atoms with E-state index in [0.717, 1.165) is 44.7 Å². The number of imidazole rings is 1. The van der Waals surface area contributed by atoms with Crippen LogP contribution in [-0.4, -0.2) is 19.6 Å². The first-order chi connectivity index (χ1) is 28.8. The molecule has 5 aromatic carbocycles. The van der Waals surface area contributed by atoms with Crippen molar-refractivity contribution in [1.29, 1.82) is 0 Å². The first-order valence-corrected chi connectivity index (χ1v) is 22.5. The standard InChI is InChI=1S/C58H68N3O.Pt/c1-35(2)45-21-19-22-46(36(3)4)53(45)61-50-34-44(58(14,15)16)32-48(52(50)60-54(61)47-20-17-18-23-51(47)62)39-26-37(27-40(28-39)49-33-41(24-25-59-49)55(5,6)7)38-29-42(56(8,9)10)31-43(30-38)57(11,12)13;/h17-27,29-36,62H,1-16H3;/q-1;. The van der Waals surface area contributed by atoms with E-state index in [-0.39, 0.29) is 60.3 Å². The van der Waals surface area contributed by atoms with Crippen molar-refractivity contribution in [3.8, 4) is 56.3 Å². The predicted octanol–water partition coefficient (Wildman–Crippen LogP) is 16.0. The first kappa shape index (κ1) is 47.7. The van der Waals surface area contributed by atoms with Gasteiger partial charge in [-0.3, -0.25) is 9.55 Å². The molecule has 332 valence electrons. The van der Waals surface area contributed by atoms with Gasteiger partial charge in [0.1, 0.15) is 11.6 Å². The van der Waals surface area contributed by atoms with Gasteiger partial charge in [0.25, 0.3) is 0 Å². The van der Waals surface area contributed by atoms with Crippen molar-refractivity contribution < 1.29 is 26.2 Å². The van der Waals surface area contributed by atoms with Crippen LogP contribution in [0.25, 0.3) is 61.6 Å². The van der Waals surface area contributed by atoms with E-state index in [1.807, 2.05) is 24.4 Å². The number of benzene rings is 5. The molecule has 2 heterocycles. The van der Waals surface area contributed by atoms with Crippen molar-refractivity contribution in [2.45, 2.75) is 144 Å². The molecule has 0 bridgehead atoms. The Morgan fingerprint density at radius 2 is 1.06 bits per heavy atom. The Morgan fingerprint density at radius 3 is 1.60 bits per heavy atom. The minimum atomic E-state index is -0.197. The molecule has 0 radical (unpaired) electrons. The molecule has 7 aromatic rings. The first-order valence-electron chi connectivity index (χ1n) is 22.5. The largest absolute Gasteiger partial charge is 0.507 e. The molecule has 0 atom stereocenters. The molecule has 0 saturated heterocycles. The number of aromatic hydroxyl groups is 1. The maximum absolute atomic E-state index is 11.6. The molecule has 0 spiro atoms. The molecule has 63 heavy (non-hydrogen) atoms. The Labute approximate surface area is 392 Å². The van der Waals surface area contributed by atoms with Gasteiger partial charge in [-0.05, 0) is 96.7 Å². The van der Waals surface area contributed by atoms with Crippen LogP contribution in [0.2, 0.25) is 0 Å². The van der Waals surface area contributed by atoms with E-state index in [0.29, 0.717) is 11.4 Å². The van der Waals surface area contributed by atoms with Crippen molar-refractivity contribution in [3.05, 3.63) is 143 Å². The van der Waals surface area contributed by atoms with Crippen LogP contribution in [0.1, 0.15) is 156 Å². The summed E-state index contributed by atoms with van der Waals surface area (Å²) in [6, 6.07) is 39.0. The molecule has 7 rings (SSSR count). The monoisotopic (exact) mass is 1020 g/mol. The Hall–Kier alpha value is -4.79. The maximum atomic E-state index is 11.6. The molecular formula is C58H68N3OPt-. The SMILES string of the molecule is CC(C)c1cccc(C(C)C)c1-n1c(-c2ccccc2O)nc2c(-c3[c-]c(-c4cc(C(C)(C)C)ccn4)cc(-c4cc(C(C)(C)C)cc(C(C)(C)C)c4)c3)cc(C(C)(C)C)cc21.[Pt]. The van der Waals surface area contributed by atoms with Gasteiger partial charge < -0.3 is 5.11 Å². The summed E-state index contributed by atoms with van der Waals surface area (Å²) in [6.07, 6.45) is 1.94. The van der Waals surface area contributed by atoms with Crippen molar-refractivity contribution in [2.75, 3.05) is 0 Å². The molecule has 0 fully saturated rings. The molecular weight excluding hydrogens is 950 g/mol. The smallest absolute Gasteiger partial charge is 0.148 e. The number of hydrogen-bond donors (Lipinski definition) is 1. The van der Waals surface area contributed by atoms with Crippen molar-refractivity contribution in [1.82, 2.24) is 14.5 Å². The molecule has 0 aliphatic rings. The molecule has 0 aliphatic heterocycles. The van der Waals surface area contributed by atoms with E-state index in [2.05, 4.69) is 194 Å². The number of phenols is 1. The van der Waals surface area contributed by atoms with Crippen LogP contribution in [0.4, 0.5) is 0 Å². The van der Waals surface area contributed by atoms with Crippen LogP contribution in [-0.2, 0) is 42.7 Å². The number of pyridine rings is 1. The Morgan fingerprint density at radius 1 is 0.540 bits per heavy atom. The summed E-state index contributed by atoms with van der Waals surface area (Å²) in [4.78, 5) is 10.6. The number of hydrogen-bond acceptors (Lipinski definition) is 3. The third kappa shape index (κ3) is 9.68. The van der Waals surface area contributed by atoms with E-state index in [4.69, 9.17) is 9.97 Å². The summed E-state index contributed by atoms with van der Waals surface area (Å²) in [7, 11) is 0. The Kier molecular flexibility index (Phi) is 13.1. The second-order valence-electron chi connectivity index (χ2n) is 22.2. The molecule has 0 amide bonds. The molecule has 2 aromatic heterocycles. The van der Waals surface area contributed by atoms with Gasteiger partial charge in [-0.1, -0.05) is 188 Å². The Bertz CT molecular complexity index is 2740. The van der Waals surface area contributed by atoms with Crippen LogP contribution >= 0.6 is 0 Å². The molecule has 0 aliphatic carbocycles. The second-order valence-corrected chi connectivity index (χ2v) is 22.2. The van der Waals surface area contributed by atoms with Crippen molar-refractivity contribution in [3.63, 3.8) is 0 Å². The molecule has 0 saturated carbocycles.